The van der Waals surface area contributed by atoms with Crippen LogP contribution in [0.1, 0.15) is 10.4 Å². The summed E-state index contributed by atoms with van der Waals surface area (Å²) in [6.45, 7) is 0. The van der Waals surface area contributed by atoms with Crippen molar-refractivity contribution in [1.29, 1.82) is 0 Å². The first kappa shape index (κ1) is 12.6. The van der Waals surface area contributed by atoms with E-state index >= 15 is 0 Å². The number of imidazole rings is 1. The first-order valence-electron chi connectivity index (χ1n) is 5.89. The Balaban J connectivity index is 1.98. The van der Waals surface area contributed by atoms with Crippen LogP contribution in [0.5, 0.6) is 0 Å². The lowest BCUT2D eigenvalue weighted by Crippen LogP contribution is -2.03. The Hall–Kier alpha value is -2.47. The van der Waals surface area contributed by atoms with Crippen molar-refractivity contribution in [2.75, 3.05) is 5.73 Å². The lowest BCUT2D eigenvalue weighted by atomic mass is 10.2. The van der Waals surface area contributed by atoms with Gasteiger partial charge in [0.1, 0.15) is 0 Å². The highest BCUT2D eigenvalue weighted by atomic mass is 32.2. The number of nitrogens with one attached hydrogen (secondary N) is 1. The van der Waals surface area contributed by atoms with E-state index in [1.807, 2.05) is 24.3 Å². The highest BCUT2D eigenvalue weighted by molar-refractivity contribution is 7.99. The fourth-order valence-corrected chi connectivity index (χ4v) is 2.78. The smallest absolute Gasteiger partial charge is 0.337 e. The van der Waals surface area contributed by atoms with Gasteiger partial charge < -0.3 is 15.8 Å². The van der Waals surface area contributed by atoms with Crippen molar-refractivity contribution in [3.63, 3.8) is 0 Å². The molecule has 0 radical (unpaired) electrons. The molecule has 100 valence electrons. The molecule has 0 unspecified atom stereocenters. The number of hydrogen-bond acceptors (Lipinski definition) is 4. The van der Waals surface area contributed by atoms with E-state index in [2.05, 4.69) is 9.97 Å². The van der Waals surface area contributed by atoms with E-state index in [0.29, 0.717) is 10.1 Å². The van der Waals surface area contributed by atoms with Crippen molar-refractivity contribution < 1.29 is 9.90 Å². The summed E-state index contributed by atoms with van der Waals surface area (Å²) in [4.78, 5) is 19.3. The third-order valence-corrected chi connectivity index (χ3v) is 3.83. The zero-order valence-electron chi connectivity index (χ0n) is 10.3. The molecule has 0 spiro atoms. The zero-order chi connectivity index (χ0) is 14.1. The van der Waals surface area contributed by atoms with Crippen molar-refractivity contribution >= 4 is 34.5 Å². The first-order chi connectivity index (χ1) is 9.65. The van der Waals surface area contributed by atoms with E-state index in [1.54, 1.807) is 12.1 Å². The van der Waals surface area contributed by atoms with Gasteiger partial charge in [-0.05, 0) is 36.0 Å². The van der Waals surface area contributed by atoms with E-state index in [0.717, 1.165) is 11.0 Å². The summed E-state index contributed by atoms with van der Waals surface area (Å²) in [6.07, 6.45) is 0. The van der Waals surface area contributed by atoms with Gasteiger partial charge in [0, 0.05) is 4.90 Å². The maximum Gasteiger partial charge on any atom is 0.337 e. The van der Waals surface area contributed by atoms with Crippen molar-refractivity contribution in [2.24, 2.45) is 0 Å². The highest BCUT2D eigenvalue weighted by Gasteiger charge is 2.13. The fraction of sp³-hybridized carbons (Fsp3) is 0. The quantitative estimate of drug-likeness (QED) is 0.643. The SMILES string of the molecule is Nc1c(Sc2nc3ccccc3[nH]2)cccc1C(=O)O. The Morgan fingerprint density at radius 3 is 2.75 bits per heavy atom. The van der Waals surface area contributed by atoms with Gasteiger partial charge in [0.05, 0.1) is 22.3 Å². The number of nitrogen functional groups attached to an aromatic ring is 1. The Labute approximate surface area is 118 Å². The Bertz CT molecular complexity index is 765. The molecule has 0 amide bonds. The van der Waals surface area contributed by atoms with Gasteiger partial charge in [-0.2, -0.15) is 0 Å². The number of anilines is 1. The highest BCUT2D eigenvalue weighted by Crippen LogP contribution is 2.33. The minimum atomic E-state index is -1.03. The molecule has 0 saturated heterocycles. The second-order valence-electron chi connectivity index (χ2n) is 4.18. The number of para-hydroxylation sites is 3. The number of hydrogen-bond donors (Lipinski definition) is 3. The molecule has 5 nitrogen and oxygen atoms in total. The van der Waals surface area contributed by atoms with E-state index < -0.39 is 5.97 Å². The number of carboxylic acids is 1. The topological polar surface area (TPSA) is 92.0 Å². The standard InChI is InChI=1S/C14H11N3O2S/c15-12-8(13(18)19)4-3-7-11(12)20-14-16-9-5-1-2-6-10(9)17-14/h1-7H,15H2,(H,16,17)(H,18,19). The lowest BCUT2D eigenvalue weighted by Gasteiger charge is -2.05. The fourth-order valence-electron chi connectivity index (χ4n) is 1.90. The number of fused-ring (bicyclic) bond motifs is 1. The van der Waals surface area contributed by atoms with Crippen LogP contribution in [0.4, 0.5) is 5.69 Å². The van der Waals surface area contributed by atoms with Crippen molar-refractivity contribution in [3.05, 3.63) is 48.0 Å². The molecule has 20 heavy (non-hydrogen) atoms. The molecular weight excluding hydrogens is 274 g/mol. The normalized spacial score (nSPS) is 10.8. The molecule has 1 heterocycles. The van der Waals surface area contributed by atoms with Crippen LogP contribution >= 0.6 is 11.8 Å². The van der Waals surface area contributed by atoms with Crippen LogP contribution < -0.4 is 5.73 Å². The summed E-state index contributed by atoms with van der Waals surface area (Å²) >= 11 is 1.32. The average Bonchev–Trinajstić information content (AvgIpc) is 2.83. The summed E-state index contributed by atoms with van der Waals surface area (Å²) in [7, 11) is 0. The maximum atomic E-state index is 11.1. The molecular formula is C14H11N3O2S. The molecule has 0 aliphatic carbocycles. The third kappa shape index (κ3) is 2.21. The van der Waals surface area contributed by atoms with Gasteiger partial charge in [-0.1, -0.05) is 18.2 Å². The molecule has 3 aromatic rings. The largest absolute Gasteiger partial charge is 0.478 e. The summed E-state index contributed by atoms with van der Waals surface area (Å²) in [6, 6.07) is 12.6. The van der Waals surface area contributed by atoms with Gasteiger partial charge in [-0.25, -0.2) is 9.78 Å². The van der Waals surface area contributed by atoms with Crippen LogP contribution in [0.3, 0.4) is 0 Å². The Kier molecular flexibility index (Phi) is 3.08. The number of carboxylic acid groups (broad SMARTS) is 1. The number of nitrogens with zero attached hydrogens (tertiary/aromatic N) is 1. The number of aromatic carboxylic acids is 1. The maximum absolute atomic E-state index is 11.1. The van der Waals surface area contributed by atoms with Gasteiger partial charge in [0.2, 0.25) is 0 Å². The van der Waals surface area contributed by atoms with E-state index in [1.165, 1.54) is 17.8 Å². The molecule has 6 heteroatoms. The monoisotopic (exact) mass is 285 g/mol. The van der Waals surface area contributed by atoms with Crippen LogP contribution in [-0.2, 0) is 0 Å². The molecule has 0 aliphatic heterocycles. The van der Waals surface area contributed by atoms with Gasteiger partial charge in [0.15, 0.2) is 5.16 Å². The number of rotatable bonds is 3. The van der Waals surface area contributed by atoms with Crippen LogP contribution in [0.25, 0.3) is 11.0 Å². The molecule has 3 rings (SSSR count). The minimum absolute atomic E-state index is 0.103. The van der Waals surface area contributed by atoms with Crippen molar-refractivity contribution in [1.82, 2.24) is 9.97 Å². The summed E-state index contributed by atoms with van der Waals surface area (Å²) in [5, 5.41) is 9.74. The van der Waals surface area contributed by atoms with Crippen LogP contribution in [0.15, 0.2) is 52.5 Å². The van der Waals surface area contributed by atoms with Crippen LogP contribution in [-0.4, -0.2) is 21.0 Å². The van der Waals surface area contributed by atoms with E-state index in [-0.39, 0.29) is 11.3 Å². The number of nitrogens with two attached hydrogens (primary N) is 1. The first-order valence-corrected chi connectivity index (χ1v) is 6.71. The van der Waals surface area contributed by atoms with Gasteiger partial charge in [-0.3, -0.25) is 0 Å². The number of aromatic nitrogens is 2. The number of H-pyrrole nitrogens is 1. The second-order valence-corrected chi connectivity index (χ2v) is 5.21. The van der Waals surface area contributed by atoms with Gasteiger partial charge in [0.25, 0.3) is 0 Å². The average molecular weight is 285 g/mol. The number of benzene rings is 2. The molecule has 0 saturated carbocycles. The van der Waals surface area contributed by atoms with E-state index in [9.17, 15) is 4.79 Å². The summed E-state index contributed by atoms with van der Waals surface area (Å²) < 4.78 is 0. The van der Waals surface area contributed by atoms with Crippen molar-refractivity contribution in [3.8, 4) is 0 Å². The number of aromatic amines is 1. The summed E-state index contributed by atoms with van der Waals surface area (Å²) in [5.74, 6) is -1.03. The minimum Gasteiger partial charge on any atom is -0.478 e. The Morgan fingerprint density at radius 2 is 2.00 bits per heavy atom. The summed E-state index contributed by atoms with van der Waals surface area (Å²) in [5.41, 5.74) is 8.04. The molecule has 0 fully saturated rings. The molecule has 0 aliphatic rings. The Morgan fingerprint density at radius 1 is 1.20 bits per heavy atom. The molecule has 4 N–H and O–H groups in total. The predicted octanol–water partition coefficient (Wildman–Crippen LogP) is 2.99. The zero-order valence-corrected chi connectivity index (χ0v) is 11.1. The van der Waals surface area contributed by atoms with Crippen LogP contribution in [0.2, 0.25) is 0 Å². The van der Waals surface area contributed by atoms with Gasteiger partial charge in [-0.15, -0.1) is 0 Å². The van der Waals surface area contributed by atoms with Gasteiger partial charge >= 0.3 is 5.97 Å². The lowest BCUT2D eigenvalue weighted by molar-refractivity contribution is 0.0698. The number of carbonyl (C=O) groups is 1. The molecule has 2 aromatic carbocycles. The molecule has 0 atom stereocenters. The van der Waals surface area contributed by atoms with Crippen LogP contribution in [0, 0.1) is 0 Å². The molecule has 0 bridgehead atoms. The predicted molar refractivity (Wildman–Crippen MR) is 78.0 cm³/mol. The molecule has 1 aromatic heterocycles. The van der Waals surface area contributed by atoms with Crippen molar-refractivity contribution in [2.45, 2.75) is 10.1 Å². The second kappa shape index (κ2) is 4.90. The van der Waals surface area contributed by atoms with E-state index in [4.69, 9.17) is 10.8 Å². The third-order valence-electron chi connectivity index (χ3n) is 2.87.